The third-order valence-electron chi connectivity index (χ3n) is 5.07. The lowest BCUT2D eigenvalue weighted by Crippen LogP contribution is -2.43. The van der Waals surface area contributed by atoms with E-state index >= 15 is 0 Å². The lowest BCUT2D eigenvalue weighted by Gasteiger charge is -2.34. The van der Waals surface area contributed by atoms with Crippen LogP contribution in [0.15, 0.2) is 0 Å². The highest BCUT2D eigenvalue weighted by atomic mass is 32.2. The van der Waals surface area contributed by atoms with Gasteiger partial charge in [-0.1, -0.05) is 27.7 Å². The zero-order chi connectivity index (χ0) is 12.5. The average Bonchev–Trinajstić information content (AvgIpc) is 2.73. The molecule has 0 aromatic rings. The summed E-state index contributed by atoms with van der Waals surface area (Å²) in [5.74, 6) is 2.21. The number of ether oxygens (including phenoxy) is 1. The third kappa shape index (κ3) is 1.40. The van der Waals surface area contributed by atoms with Crippen LogP contribution in [0.5, 0.6) is 0 Å². The van der Waals surface area contributed by atoms with E-state index in [1.54, 1.807) is 0 Å². The normalized spacial score (nSPS) is 50.7. The molecule has 0 aromatic heterocycles. The summed E-state index contributed by atoms with van der Waals surface area (Å²) in [5.41, 5.74) is 0. The number of hydrogen-bond donors (Lipinski definition) is 0. The summed E-state index contributed by atoms with van der Waals surface area (Å²) in [5, 5.41) is -0.201. The molecule has 3 aliphatic heterocycles. The standard InChI is InChI=1S/C13H22O3S/c1-6(2)9-8-5-17(14,15)13-10(7(3)4)12(9)16-11(8)13/h6-13H,5H2,1-4H3. The molecule has 2 bridgehead atoms. The van der Waals surface area contributed by atoms with Gasteiger partial charge in [-0.15, -0.1) is 0 Å². The van der Waals surface area contributed by atoms with Gasteiger partial charge in [0.2, 0.25) is 0 Å². The van der Waals surface area contributed by atoms with E-state index < -0.39 is 9.84 Å². The van der Waals surface area contributed by atoms with Crippen molar-refractivity contribution in [2.45, 2.75) is 45.2 Å². The third-order valence-corrected chi connectivity index (χ3v) is 7.33. The molecular formula is C13H22O3S. The first-order chi connectivity index (χ1) is 7.84. The van der Waals surface area contributed by atoms with Crippen LogP contribution in [-0.2, 0) is 14.6 Å². The summed E-state index contributed by atoms with van der Waals surface area (Å²) in [6, 6.07) is 0. The number of hydrogen-bond acceptors (Lipinski definition) is 3. The van der Waals surface area contributed by atoms with Crippen molar-refractivity contribution < 1.29 is 13.2 Å². The quantitative estimate of drug-likeness (QED) is 0.757. The van der Waals surface area contributed by atoms with Crippen LogP contribution in [0.25, 0.3) is 0 Å². The van der Waals surface area contributed by atoms with Gasteiger partial charge >= 0.3 is 0 Å². The lowest BCUT2D eigenvalue weighted by molar-refractivity contribution is 0.0562. The summed E-state index contributed by atoms with van der Waals surface area (Å²) in [6.07, 6.45) is 0.192. The molecule has 98 valence electrons. The zero-order valence-electron chi connectivity index (χ0n) is 11.0. The van der Waals surface area contributed by atoms with Crippen molar-refractivity contribution in [3.8, 4) is 0 Å². The molecule has 0 radical (unpaired) electrons. The maximum absolute atomic E-state index is 12.3. The van der Waals surface area contributed by atoms with Crippen molar-refractivity contribution >= 4 is 9.84 Å². The first-order valence-corrected chi connectivity index (χ1v) is 8.43. The largest absolute Gasteiger partial charge is 0.373 e. The van der Waals surface area contributed by atoms with E-state index in [0.717, 1.165) is 0 Å². The van der Waals surface area contributed by atoms with E-state index in [9.17, 15) is 8.42 Å². The Balaban J connectivity index is 2.06. The van der Waals surface area contributed by atoms with Crippen molar-refractivity contribution in [2.24, 2.45) is 29.6 Å². The second kappa shape index (κ2) is 3.47. The molecule has 3 saturated heterocycles. The van der Waals surface area contributed by atoms with Gasteiger partial charge < -0.3 is 4.74 Å². The van der Waals surface area contributed by atoms with Crippen LogP contribution in [0.4, 0.5) is 0 Å². The molecule has 3 heterocycles. The number of sulfone groups is 1. The fraction of sp³-hybridized carbons (Fsp3) is 1.00. The van der Waals surface area contributed by atoms with Crippen molar-refractivity contribution in [3.05, 3.63) is 0 Å². The van der Waals surface area contributed by atoms with Gasteiger partial charge in [-0.3, -0.25) is 0 Å². The van der Waals surface area contributed by atoms with Crippen molar-refractivity contribution in [1.82, 2.24) is 0 Å². The van der Waals surface area contributed by atoms with E-state index in [-0.39, 0.29) is 29.3 Å². The van der Waals surface area contributed by atoms with Crippen LogP contribution < -0.4 is 0 Å². The second-order valence-electron chi connectivity index (χ2n) is 6.67. The number of fused-ring (bicyclic) bond motifs is 1. The average molecular weight is 258 g/mol. The molecule has 4 heteroatoms. The summed E-state index contributed by atoms with van der Waals surface area (Å²) >= 11 is 0. The van der Waals surface area contributed by atoms with E-state index in [1.165, 1.54) is 0 Å². The second-order valence-corrected chi connectivity index (χ2v) is 8.87. The van der Waals surface area contributed by atoms with Crippen molar-refractivity contribution in [2.75, 3.05) is 5.75 Å². The fourth-order valence-corrected chi connectivity index (χ4v) is 7.36. The summed E-state index contributed by atoms with van der Waals surface area (Å²) in [4.78, 5) is 0. The molecule has 6 atom stereocenters. The van der Waals surface area contributed by atoms with Crippen molar-refractivity contribution in [3.63, 3.8) is 0 Å². The Morgan fingerprint density at radius 2 is 1.59 bits per heavy atom. The Bertz CT molecular complexity index is 426. The molecule has 3 nitrogen and oxygen atoms in total. The monoisotopic (exact) mass is 258 g/mol. The van der Waals surface area contributed by atoms with Gasteiger partial charge in [0.1, 0.15) is 0 Å². The fourth-order valence-electron chi connectivity index (χ4n) is 4.57. The number of rotatable bonds is 2. The summed E-state index contributed by atoms with van der Waals surface area (Å²) < 4.78 is 30.6. The maximum Gasteiger partial charge on any atom is 0.156 e. The van der Waals surface area contributed by atoms with Gasteiger partial charge in [0.25, 0.3) is 0 Å². The molecule has 3 aliphatic rings. The molecule has 0 N–H and O–H groups in total. The summed E-state index contributed by atoms with van der Waals surface area (Å²) in [6.45, 7) is 8.67. The Labute approximate surface area is 104 Å². The maximum atomic E-state index is 12.3. The molecule has 3 rings (SSSR count). The molecular weight excluding hydrogens is 236 g/mol. The molecule has 0 aromatic carbocycles. The minimum absolute atomic E-state index is 0.00444. The predicted octanol–water partition coefficient (Wildman–Crippen LogP) is 1.72. The minimum atomic E-state index is -2.92. The molecule has 0 amide bonds. The van der Waals surface area contributed by atoms with E-state index in [4.69, 9.17) is 4.74 Å². The topological polar surface area (TPSA) is 43.4 Å². The predicted molar refractivity (Wildman–Crippen MR) is 66.4 cm³/mol. The van der Waals surface area contributed by atoms with Gasteiger partial charge in [0.15, 0.2) is 9.84 Å². The Hall–Kier alpha value is -0.0900. The first-order valence-electron chi connectivity index (χ1n) is 6.71. The summed E-state index contributed by atoms with van der Waals surface area (Å²) in [7, 11) is -2.92. The van der Waals surface area contributed by atoms with Crippen LogP contribution in [0, 0.1) is 29.6 Å². The van der Waals surface area contributed by atoms with Crippen LogP contribution in [0.3, 0.4) is 0 Å². The van der Waals surface area contributed by atoms with Gasteiger partial charge in [-0.25, -0.2) is 8.42 Å². The molecule has 0 saturated carbocycles. The van der Waals surface area contributed by atoms with Crippen LogP contribution in [-0.4, -0.2) is 31.6 Å². The van der Waals surface area contributed by atoms with Crippen LogP contribution in [0.1, 0.15) is 27.7 Å². The van der Waals surface area contributed by atoms with Gasteiger partial charge in [-0.05, 0) is 17.8 Å². The molecule has 0 aliphatic carbocycles. The Morgan fingerprint density at radius 1 is 1.00 bits per heavy atom. The molecule has 6 unspecified atom stereocenters. The van der Waals surface area contributed by atoms with Gasteiger partial charge in [-0.2, -0.15) is 0 Å². The van der Waals surface area contributed by atoms with Crippen molar-refractivity contribution in [1.29, 1.82) is 0 Å². The highest BCUT2D eigenvalue weighted by Gasteiger charge is 2.69. The molecule has 3 fully saturated rings. The van der Waals surface area contributed by atoms with Gasteiger partial charge in [0, 0.05) is 11.8 Å². The smallest absolute Gasteiger partial charge is 0.156 e. The van der Waals surface area contributed by atoms with E-state index in [1.807, 2.05) is 0 Å². The van der Waals surface area contributed by atoms with Crippen LogP contribution >= 0.6 is 0 Å². The highest BCUT2D eigenvalue weighted by molar-refractivity contribution is 7.92. The first kappa shape index (κ1) is 12.0. The minimum Gasteiger partial charge on any atom is -0.373 e. The SMILES string of the molecule is CC(C)C1C2CS(=O)(=O)C3C2OC1C3C(C)C. The molecule has 17 heavy (non-hydrogen) atoms. The zero-order valence-corrected chi connectivity index (χ0v) is 11.8. The molecule has 0 spiro atoms. The Kier molecular flexibility index (Phi) is 2.45. The van der Waals surface area contributed by atoms with Gasteiger partial charge in [0.05, 0.1) is 23.2 Å². The van der Waals surface area contributed by atoms with E-state index in [2.05, 4.69) is 27.7 Å². The lowest BCUT2D eigenvalue weighted by atomic mass is 9.67. The highest BCUT2D eigenvalue weighted by Crippen LogP contribution is 2.58. The Morgan fingerprint density at radius 3 is 2.12 bits per heavy atom. The van der Waals surface area contributed by atoms with E-state index in [0.29, 0.717) is 23.5 Å². The van der Waals surface area contributed by atoms with Crippen LogP contribution in [0.2, 0.25) is 0 Å².